The standard InChI is InChI=1S/C23H38O3/c1-8-19(24)26-18-15-16(3)17(11-14-22(6,25)9-2)23(7)13-10-12-21(4,5)20(18)23/h9,17-18,20,25H,2-3,8,10-15H2,1,4-7H3/t17-,18-,20-,22+,23+/m0/s1. The van der Waals surface area contributed by atoms with E-state index >= 15 is 0 Å². The lowest BCUT2D eigenvalue weighted by atomic mass is 9.46. The van der Waals surface area contributed by atoms with Crippen LogP contribution in [0.1, 0.15) is 79.6 Å². The van der Waals surface area contributed by atoms with Gasteiger partial charge >= 0.3 is 5.97 Å². The van der Waals surface area contributed by atoms with Crippen molar-refractivity contribution in [1.82, 2.24) is 0 Å². The van der Waals surface area contributed by atoms with Crippen LogP contribution < -0.4 is 0 Å². The third kappa shape index (κ3) is 4.08. The molecule has 0 aromatic heterocycles. The van der Waals surface area contributed by atoms with Gasteiger partial charge in [-0.3, -0.25) is 4.79 Å². The number of hydrogen-bond donors (Lipinski definition) is 1. The van der Waals surface area contributed by atoms with Crippen LogP contribution in [0.25, 0.3) is 0 Å². The quantitative estimate of drug-likeness (QED) is 0.506. The van der Waals surface area contributed by atoms with Gasteiger partial charge in [-0.1, -0.05) is 52.3 Å². The second-order valence-corrected chi connectivity index (χ2v) is 9.72. The minimum Gasteiger partial charge on any atom is -0.462 e. The zero-order chi connectivity index (χ0) is 19.8. The van der Waals surface area contributed by atoms with Gasteiger partial charge < -0.3 is 9.84 Å². The van der Waals surface area contributed by atoms with Crippen molar-refractivity contribution in [2.24, 2.45) is 22.7 Å². The summed E-state index contributed by atoms with van der Waals surface area (Å²) in [7, 11) is 0. The highest BCUT2D eigenvalue weighted by Gasteiger charge is 2.57. The number of ether oxygens (including phenoxy) is 1. The number of aliphatic hydroxyl groups is 1. The molecular formula is C23H38O3. The molecule has 2 aliphatic carbocycles. The molecule has 0 heterocycles. The van der Waals surface area contributed by atoms with Crippen LogP contribution in [0.2, 0.25) is 0 Å². The molecule has 3 heteroatoms. The second-order valence-electron chi connectivity index (χ2n) is 9.72. The molecule has 1 N–H and O–H groups in total. The lowest BCUT2D eigenvalue weighted by molar-refractivity contribution is -0.173. The fraction of sp³-hybridized carbons (Fsp3) is 0.783. The van der Waals surface area contributed by atoms with Crippen LogP contribution in [-0.2, 0) is 9.53 Å². The highest BCUT2D eigenvalue weighted by atomic mass is 16.5. The Balaban J connectivity index is 2.34. The van der Waals surface area contributed by atoms with E-state index in [4.69, 9.17) is 4.74 Å². The van der Waals surface area contributed by atoms with Crippen LogP contribution >= 0.6 is 0 Å². The summed E-state index contributed by atoms with van der Waals surface area (Å²) in [5.41, 5.74) is 0.510. The smallest absolute Gasteiger partial charge is 0.305 e. The van der Waals surface area contributed by atoms with E-state index in [1.54, 1.807) is 6.08 Å². The maximum atomic E-state index is 12.1. The molecule has 0 spiro atoms. The van der Waals surface area contributed by atoms with E-state index in [2.05, 4.69) is 33.9 Å². The summed E-state index contributed by atoms with van der Waals surface area (Å²) in [5.74, 6) is 0.554. The lowest BCUT2D eigenvalue weighted by Crippen LogP contribution is -2.56. The minimum atomic E-state index is -0.845. The molecule has 0 aromatic rings. The molecule has 2 rings (SSSR count). The number of carbonyl (C=O) groups is 1. The molecule has 0 aliphatic heterocycles. The first kappa shape index (κ1) is 21.2. The van der Waals surface area contributed by atoms with Gasteiger partial charge in [-0.2, -0.15) is 0 Å². The number of fused-ring (bicyclic) bond motifs is 1. The van der Waals surface area contributed by atoms with Crippen LogP contribution in [0.4, 0.5) is 0 Å². The average molecular weight is 363 g/mol. The summed E-state index contributed by atoms with van der Waals surface area (Å²) >= 11 is 0. The highest BCUT2D eigenvalue weighted by molar-refractivity contribution is 5.69. The summed E-state index contributed by atoms with van der Waals surface area (Å²) in [6, 6.07) is 0. The van der Waals surface area contributed by atoms with E-state index in [0.717, 1.165) is 25.7 Å². The second kappa shape index (κ2) is 7.50. The predicted octanol–water partition coefficient (Wildman–Crippen LogP) is 5.43. The van der Waals surface area contributed by atoms with E-state index in [-0.39, 0.29) is 22.9 Å². The summed E-state index contributed by atoms with van der Waals surface area (Å²) in [5, 5.41) is 10.4. The third-order valence-electron chi connectivity index (χ3n) is 7.16. The Labute approximate surface area is 159 Å². The maximum Gasteiger partial charge on any atom is 0.305 e. The van der Waals surface area contributed by atoms with Crippen LogP contribution in [0.3, 0.4) is 0 Å². The Morgan fingerprint density at radius 2 is 2.04 bits per heavy atom. The molecule has 2 fully saturated rings. The van der Waals surface area contributed by atoms with Crippen molar-refractivity contribution in [3.05, 3.63) is 24.8 Å². The monoisotopic (exact) mass is 362 g/mol. The van der Waals surface area contributed by atoms with Gasteiger partial charge in [0.2, 0.25) is 0 Å². The largest absolute Gasteiger partial charge is 0.462 e. The van der Waals surface area contributed by atoms with E-state index in [9.17, 15) is 9.90 Å². The first-order valence-corrected chi connectivity index (χ1v) is 10.2. The molecule has 5 atom stereocenters. The van der Waals surface area contributed by atoms with E-state index < -0.39 is 5.60 Å². The number of hydrogen-bond acceptors (Lipinski definition) is 3. The van der Waals surface area contributed by atoms with Crippen molar-refractivity contribution < 1.29 is 14.6 Å². The number of esters is 1. The highest BCUT2D eigenvalue weighted by Crippen LogP contribution is 2.62. The van der Waals surface area contributed by atoms with Crippen molar-refractivity contribution in [2.45, 2.75) is 91.3 Å². The fourth-order valence-electron chi connectivity index (χ4n) is 5.87. The van der Waals surface area contributed by atoms with Crippen LogP contribution in [0.15, 0.2) is 24.8 Å². The lowest BCUT2D eigenvalue weighted by Gasteiger charge is -2.60. The van der Waals surface area contributed by atoms with E-state index in [1.807, 2.05) is 13.8 Å². The Morgan fingerprint density at radius 3 is 2.62 bits per heavy atom. The van der Waals surface area contributed by atoms with E-state index in [1.165, 1.54) is 12.0 Å². The van der Waals surface area contributed by atoms with Gasteiger partial charge in [-0.05, 0) is 49.4 Å². The molecule has 0 aromatic carbocycles. The Bertz CT molecular complexity index is 560. The molecule has 0 amide bonds. The van der Waals surface area contributed by atoms with Gasteiger partial charge in [-0.25, -0.2) is 0 Å². The van der Waals surface area contributed by atoms with Crippen molar-refractivity contribution >= 4 is 5.97 Å². The Hall–Kier alpha value is -1.09. The van der Waals surface area contributed by atoms with Gasteiger partial charge in [0.1, 0.15) is 6.10 Å². The average Bonchev–Trinajstić information content (AvgIpc) is 2.52. The van der Waals surface area contributed by atoms with Crippen molar-refractivity contribution in [2.75, 3.05) is 0 Å². The predicted molar refractivity (Wildman–Crippen MR) is 107 cm³/mol. The number of rotatable bonds is 6. The zero-order valence-electron chi connectivity index (χ0n) is 17.4. The zero-order valence-corrected chi connectivity index (χ0v) is 17.4. The van der Waals surface area contributed by atoms with Crippen molar-refractivity contribution in [1.29, 1.82) is 0 Å². The van der Waals surface area contributed by atoms with Gasteiger partial charge in [-0.15, -0.1) is 6.58 Å². The topological polar surface area (TPSA) is 46.5 Å². The minimum absolute atomic E-state index is 0.0486. The molecule has 148 valence electrons. The Kier molecular flexibility index (Phi) is 6.12. The van der Waals surface area contributed by atoms with Gasteiger partial charge in [0, 0.05) is 18.8 Å². The van der Waals surface area contributed by atoms with Gasteiger partial charge in [0.25, 0.3) is 0 Å². The summed E-state index contributed by atoms with van der Waals surface area (Å²) in [6.45, 7) is 18.8. The third-order valence-corrected chi connectivity index (χ3v) is 7.16. The normalized spacial score (nSPS) is 35.9. The molecule has 3 nitrogen and oxygen atoms in total. The van der Waals surface area contributed by atoms with E-state index in [0.29, 0.717) is 24.7 Å². The molecule has 0 saturated heterocycles. The molecule has 26 heavy (non-hydrogen) atoms. The Morgan fingerprint density at radius 1 is 1.38 bits per heavy atom. The molecule has 0 bridgehead atoms. The van der Waals surface area contributed by atoms with Crippen LogP contribution in [0, 0.1) is 22.7 Å². The molecule has 0 radical (unpaired) electrons. The molecule has 2 saturated carbocycles. The van der Waals surface area contributed by atoms with Gasteiger partial charge in [0.05, 0.1) is 5.60 Å². The fourth-order valence-corrected chi connectivity index (χ4v) is 5.87. The van der Waals surface area contributed by atoms with Crippen molar-refractivity contribution in [3.63, 3.8) is 0 Å². The summed E-state index contributed by atoms with van der Waals surface area (Å²) < 4.78 is 5.93. The molecule has 2 aliphatic rings. The number of carbonyl (C=O) groups excluding carboxylic acids is 1. The summed E-state index contributed by atoms with van der Waals surface area (Å²) in [6.07, 6.45) is 7.78. The molecular weight excluding hydrogens is 324 g/mol. The van der Waals surface area contributed by atoms with Gasteiger partial charge in [0.15, 0.2) is 0 Å². The van der Waals surface area contributed by atoms with Crippen LogP contribution in [-0.4, -0.2) is 22.8 Å². The first-order chi connectivity index (χ1) is 12.0. The SMILES string of the molecule is C=C[C@@](C)(O)CC[C@H]1C(=C)C[C@H](OC(=O)CC)[C@H]2C(C)(C)CCC[C@]12C. The maximum absolute atomic E-state index is 12.1. The first-order valence-electron chi connectivity index (χ1n) is 10.2. The molecule has 0 unspecified atom stereocenters. The summed E-state index contributed by atoms with van der Waals surface area (Å²) in [4.78, 5) is 12.1. The van der Waals surface area contributed by atoms with Crippen LogP contribution in [0.5, 0.6) is 0 Å². The van der Waals surface area contributed by atoms with Crippen molar-refractivity contribution in [3.8, 4) is 0 Å².